The van der Waals surface area contributed by atoms with Gasteiger partial charge in [0.05, 0.1) is 11.9 Å². The molecule has 2 heterocycles. The first kappa shape index (κ1) is 12.7. The van der Waals surface area contributed by atoms with Crippen LogP contribution in [0.25, 0.3) is 5.69 Å². The lowest BCUT2D eigenvalue weighted by atomic mass is 10.1. The number of aryl methyl sites for hydroxylation is 2. The highest BCUT2D eigenvalue weighted by atomic mass is 15.3. The minimum absolute atomic E-state index is 0.181. The second kappa shape index (κ2) is 5.27. The molecule has 18 heavy (non-hydrogen) atoms. The summed E-state index contributed by atoms with van der Waals surface area (Å²) in [5.74, 6) is 1.63. The molecule has 0 saturated heterocycles. The van der Waals surface area contributed by atoms with E-state index in [0.717, 1.165) is 35.7 Å². The van der Waals surface area contributed by atoms with Crippen LogP contribution >= 0.6 is 0 Å². The van der Waals surface area contributed by atoms with Gasteiger partial charge in [-0.3, -0.25) is 4.98 Å². The summed E-state index contributed by atoms with van der Waals surface area (Å²) < 4.78 is 1.81. The third-order valence-electron chi connectivity index (χ3n) is 2.92. The zero-order valence-electron chi connectivity index (χ0n) is 11.1. The number of pyridine rings is 1. The van der Waals surface area contributed by atoms with Crippen molar-refractivity contribution in [3.8, 4) is 5.69 Å². The Bertz CT molecular complexity index is 532. The maximum absolute atomic E-state index is 5.97. The summed E-state index contributed by atoms with van der Waals surface area (Å²) in [7, 11) is 0. The van der Waals surface area contributed by atoms with Crippen molar-refractivity contribution in [3.63, 3.8) is 0 Å². The molecule has 2 N–H and O–H groups in total. The van der Waals surface area contributed by atoms with Crippen molar-refractivity contribution in [2.24, 2.45) is 5.73 Å². The van der Waals surface area contributed by atoms with Gasteiger partial charge in [0.2, 0.25) is 0 Å². The van der Waals surface area contributed by atoms with Gasteiger partial charge in [0.15, 0.2) is 0 Å². The second-order valence-electron chi connectivity index (χ2n) is 4.54. The standard InChI is InChI=1S/C13H19N5/c1-4-12(14)5-11-6-13(8-15-7-11)18-10(3)16-9(2)17-18/h6-8,12H,4-5,14H2,1-3H3. The van der Waals surface area contributed by atoms with Gasteiger partial charge in [-0.15, -0.1) is 0 Å². The molecule has 0 fully saturated rings. The van der Waals surface area contributed by atoms with E-state index in [1.165, 1.54) is 0 Å². The van der Waals surface area contributed by atoms with Crippen molar-refractivity contribution in [1.29, 1.82) is 0 Å². The van der Waals surface area contributed by atoms with Crippen molar-refractivity contribution < 1.29 is 0 Å². The van der Waals surface area contributed by atoms with Crippen LogP contribution in [-0.2, 0) is 6.42 Å². The Morgan fingerprint density at radius 1 is 1.33 bits per heavy atom. The summed E-state index contributed by atoms with van der Waals surface area (Å²) in [6, 6.07) is 2.25. The molecule has 2 rings (SSSR count). The van der Waals surface area contributed by atoms with Crippen molar-refractivity contribution in [2.45, 2.75) is 39.7 Å². The van der Waals surface area contributed by atoms with Crippen LogP contribution in [0.1, 0.15) is 30.6 Å². The number of hydrogen-bond donors (Lipinski definition) is 1. The molecule has 0 amide bonds. The Labute approximate surface area is 107 Å². The van der Waals surface area contributed by atoms with Crippen LogP contribution < -0.4 is 5.73 Å². The molecule has 0 aliphatic carbocycles. The fourth-order valence-corrected chi connectivity index (χ4v) is 1.91. The summed E-state index contributed by atoms with van der Waals surface area (Å²) in [6.07, 6.45) is 5.45. The summed E-state index contributed by atoms with van der Waals surface area (Å²) in [4.78, 5) is 8.55. The molecule has 0 aliphatic rings. The van der Waals surface area contributed by atoms with Gasteiger partial charge < -0.3 is 5.73 Å². The van der Waals surface area contributed by atoms with Crippen LogP contribution in [0.4, 0.5) is 0 Å². The van der Waals surface area contributed by atoms with Gasteiger partial charge in [-0.25, -0.2) is 9.67 Å². The van der Waals surface area contributed by atoms with Crippen LogP contribution in [0.15, 0.2) is 18.5 Å². The molecule has 0 radical (unpaired) electrons. The van der Waals surface area contributed by atoms with E-state index in [2.05, 4.69) is 28.1 Å². The summed E-state index contributed by atoms with van der Waals surface area (Å²) in [5, 5.41) is 4.36. The van der Waals surface area contributed by atoms with Gasteiger partial charge in [-0.1, -0.05) is 6.92 Å². The molecule has 5 nitrogen and oxygen atoms in total. The zero-order chi connectivity index (χ0) is 13.1. The van der Waals surface area contributed by atoms with E-state index in [4.69, 9.17) is 5.73 Å². The molecule has 1 unspecified atom stereocenters. The molecule has 0 aliphatic heterocycles. The average Bonchev–Trinajstić information content (AvgIpc) is 2.68. The van der Waals surface area contributed by atoms with Crippen molar-refractivity contribution in [3.05, 3.63) is 35.7 Å². The molecule has 96 valence electrons. The fraction of sp³-hybridized carbons (Fsp3) is 0.462. The van der Waals surface area contributed by atoms with Crippen LogP contribution in [-0.4, -0.2) is 25.8 Å². The summed E-state index contributed by atoms with van der Waals surface area (Å²) in [5.41, 5.74) is 8.04. The number of nitrogens with zero attached hydrogens (tertiary/aromatic N) is 4. The van der Waals surface area contributed by atoms with E-state index < -0.39 is 0 Å². The van der Waals surface area contributed by atoms with Crippen LogP contribution in [0.5, 0.6) is 0 Å². The summed E-state index contributed by atoms with van der Waals surface area (Å²) >= 11 is 0. The highest BCUT2D eigenvalue weighted by Gasteiger charge is 2.07. The average molecular weight is 245 g/mol. The minimum Gasteiger partial charge on any atom is -0.327 e. The van der Waals surface area contributed by atoms with Gasteiger partial charge in [-0.05, 0) is 38.3 Å². The van der Waals surface area contributed by atoms with Gasteiger partial charge in [0.1, 0.15) is 11.6 Å². The summed E-state index contributed by atoms with van der Waals surface area (Å²) in [6.45, 7) is 5.91. The monoisotopic (exact) mass is 245 g/mol. The minimum atomic E-state index is 0.181. The Hall–Kier alpha value is -1.75. The molecule has 0 saturated carbocycles. The largest absolute Gasteiger partial charge is 0.327 e. The van der Waals surface area contributed by atoms with E-state index in [9.17, 15) is 0 Å². The van der Waals surface area contributed by atoms with E-state index in [1.807, 2.05) is 24.7 Å². The van der Waals surface area contributed by atoms with E-state index in [1.54, 1.807) is 6.20 Å². The third kappa shape index (κ3) is 2.73. The van der Waals surface area contributed by atoms with Crippen LogP contribution in [0, 0.1) is 13.8 Å². The molecule has 0 bridgehead atoms. The topological polar surface area (TPSA) is 69.6 Å². The quantitative estimate of drug-likeness (QED) is 0.887. The Morgan fingerprint density at radius 3 is 2.72 bits per heavy atom. The first-order chi connectivity index (χ1) is 8.60. The van der Waals surface area contributed by atoms with E-state index >= 15 is 0 Å². The molecule has 2 aromatic rings. The predicted molar refractivity (Wildman–Crippen MR) is 70.6 cm³/mol. The maximum Gasteiger partial charge on any atom is 0.148 e. The van der Waals surface area contributed by atoms with Crippen LogP contribution in [0.3, 0.4) is 0 Å². The molecule has 1 atom stereocenters. The molecule has 0 spiro atoms. The van der Waals surface area contributed by atoms with Crippen molar-refractivity contribution >= 4 is 0 Å². The zero-order valence-corrected chi connectivity index (χ0v) is 11.1. The second-order valence-corrected chi connectivity index (χ2v) is 4.54. The molecule has 0 aromatic carbocycles. The number of nitrogens with two attached hydrogens (primary N) is 1. The van der Waals surface area contributed by atoms with Crippen molar-refractivity contribution in [2.75, 3.05) is 0 Å². The van der Waals surface area contributed by atoms with E-state index in [-0.39, 0.29) is 6.04 Å². The van der Waals surface area contributed by atoms with Crippen LogP contribution in [0.2, 0.25) is 0 Å². The highest BCUT2D eigenvalue weighted by Crippen LogP contribution is 2.12. The molecule has 5 heteroatoms. The molecular weight excluding hydrogens is 226 g/mol. The highest BCUT2D eigenvalue weighted by molar-refractivity contribution is 5.32. The van der Waals surface area contributed by atoms with Gasteiger partial charge in [0.25, 0.3) is 0 Å². The third-order valence-corrected chi connectivity index (χ3v) is 2.92. The fourth-order valence-electron chi connectivity index (χ4n) is 1.91. The SMILES string of the molecule is CCC(N)Cc1cncc(-n2nc(C)nc2C)c1. The normalized spacial score (nSPS) is 12.7. The number of aromatic nitrogens is 4. The lowest BCUT2D eigenvalue weighted by Gasteiger charge is -2.09. The lowest BCUT2D eigenvalue weighted by Crippen LogP contribution is -2.21. The van der Waals surface area contributed by atoms with Crippen molar-refractivity contribution in [1.82, 2.24) is 19.7 Å². The maximum atomic E-state index is 5.97. The smallest absolute Gasteiger partial charge is 0.148 e. The lowest BCUT2D eigenvalue weighted by molar-refractivity contribution is 0.644. The Kier molecular flexibility index (Phi) is 3.72. The first-order valence-electron chi connectivity index (χ1n) is 6.20. The Morgan fingerprint density at radius 2 is 2.11 bits per heavy atom. The Balaban J connectivity index is 2.29. The first-order valence-corrected chi connectivity index (χ1v) is 6.20. The predicted octanol–water partition coefficient (Wildman–Crippen LogP) is 1.56. The van der Waals surface area contributed by atoms with Gasteiger partial charge in [-0.2, -0.15) is 5.10 Å². The van der Waals surface area contributed by atoms with Gasteiger partial charge in [0, 0.05) is 12.2 Å². The molecule has 2 aromatic heterocycles. The van der Waals surface area contributed by atoms with Gasteiger partial charge >= 0.3 is 0 Å². The number of hydrogen-bond acceptors (Lipinski definition) is 4. The van der Waals surface area contributed by atoms with E-state index in [0.29, 0.717) is 0 Å². The number of rotatable bonds is 4. The molecular formula is C13H19N5.